The second-order valence-corrected chi connectivity index (χ2v) is 8.87. The van der Waals surface area contributed by atoms with Gasteiger partial charge in [-0.1, -0.05) is 11.3 Å². The highest BCUT2D eigenvalue weighted by Gasteiger charge is 2.36. The number of aryl methyl sites for hydroxylation is 1. The van der Waals surface area contributed by atoms with E-state index in [1.54, 1.807) is 27.6 Å². The van der Waals surface area contributed by atoms with Gasteiger partial charge in [0.15, 0.2) is 0 Å². The molecule has 11 nitrogen and oxygen atoms in total. The van der Waals surface area contributed by atoms with E-state index in [1.165, 1.54) is 0 Å². The van der Waals surface area contributed by atoms with Crippen molar-refractivity contribution >= 4 is 33.3 Å². The van der Waals surface area contributed by atoms with Crippen LogP contribution in [0.1, 0.15) is 30.1 Å². The third-order valence-corrected chi connectivity index (χ3v) is 6.53. The van der Waals surface area contributed by atoms with E-state index in [-0.39, 0.29) is 35.7 Å². The van der Waals surface area contributed by atoms with Crippen molar-refractivity contribution in [3.8, 4) is 0 Å². The fourth-order valence-corrected chi connectivity index (χ4v) is 4.52. The third-order valence-electron chi connectivity index (χ3n) is 5.50. The number of anilines is 1. The minimum absolute atomic E-state index is 0.0864. The van der Waals surface area contributed by atoms with Crippen LogP contribution in [-0.2, 0) is 15.7 Å². The molecule has 1 aliphatic heterocycles. The summed E-state index contributed by atoms with van der Waals surface area (Å²) in [4.78, 5) is 27.8. The monoisotopic (exact) mass is 500 g/mol. The van der Waals surface area contributed by atoms with E-state index in [0.717, 1.165) is 0 Å². The Morgan fingerprint density at radius 1 is 1.26 bits per heavy atom. The maximum atomic E-state index is 12.7. The van der Waals surface area contributed by atoms with Crippen LogP contribution in [0, 0.1) is 6.92 Å². The van der Waals surface area contributed by atoms with Crippen LogP contribution in [0.3, 0.4) is 0 Å². The summed E-state index contributed by atoms with van der Waals surface area (Å²) >= 11 is 0.502. The summed E-state index contributed by atoms with van der Waals surface area (Å²) in [6.07, 6.45) is -2.78. The van der Waals surface area contributed by atoms with Gasteiger partial charge in [-0.2, -0.15) is 23.4 Å². The van der Waals surface area contributed by atoms with E-state index < -0.39 is 11.2 Å². The Bertz CT molecular complexity index is 1220. The predicted octanol–water partition coefficient (Wildman–Crippen LogP) is 1.61. The number of aromatic nitrogens is 6. The van der Waals surface area contributed by atoms with Crippen LogP contribution < -0.4 is 10.5 Å². The minimum Gasteiger partial charge on any atom is -0.379 e. The quantitative estimate of drug-likeness (QED) is 0.486. The largest absolute Gasteiger partial charge is 0.445 e. The summed E-state index contributed by atoms with van der Waals surface area (Å²) in [6, 6.07) is -0.174. The van der Waals surface area contributed by atoms with Gasteiger partial charge in [0.05, 0.1) is 48.5 Å². The first kappa shape index (κ1) is 24.1. The van der Waals surface area contributed by atoms with Gasteiger partial charge in [0, 0.05) is 26.2 Å². The second-order valence-electron chi connectivity index (χ2n) is 7.92. The number of H-pyrrole nitrogens is 1. The Morgan fingerprint density at radius 2 is 2.00 bits per heavy atom. The average Bonchev–Trinajstić information content (AvgIpc) is 3.43. The van der Waals surface area contributed by atoms with Gasteiger partial charge in [0.25, 0.3) is 5.56 Å². The molecule has 4 rings (SSSR count). The molecular weight excluding hydrogens is 477 g/mol. The molecule has 1 atom stereocenters. The number of carbonyl (C=O) groups excluding carboxylic acids is 1. The molecule has 4 heterocycles. The van der Waals surface area contributed by atoms with Gasteiger partial charge in [-0.05, 0) is 13.8 Å². The molecule has 1 aliphatic rings. The summed E-state index contributed by atoms with van der Waals surface area (Å²) in [5.41, 5.74) is 0.916. The number of alkyl halides is 3. The highest BCUT2D eigenvalue weighted by Crippen LogP contribution is 2.34. The number of hydrogen-bond donors (Lipinski definition) is 1. The molecule has 3 aromatic heterocycles. The fourth-order valence-electron chi connectivity index (χ4n) is 3.76. The molecule has 34 heavy (non-hydrogen) atoms. The molecule has 0 aliphatic carbocycles. The zero-order valence-corrected chi connectivity index (χ0v) is 19.3. The van der Waals surface area contributed by atoms with Crippen LogP contribution in [0.2, 0.25) is 0 Å². The van der Waals surface area contributed by atoms with E-state index in [0.29, 0.717) is 60.7 Å². The summed E-state index contributed by atoms with van der Waals surface area (Å²) in [5, 5.41) is 17.2. The van der Waals surface area contributed by atoms with Crippen LogP contribution >= 0.6 is 11.3 Å². The fraction of sp³-hybridized carbons (Fsp3) is 0.579. The first-order valence-electron chi connectivity index (χ1n) is 10.6. The van der Waals surface area contributed by atoms with Crippen LogP contribution in [-0.4, -0.2) is 80.4 Å². The number of ether oxygens (including phenoxy) is 1. The molecule has 0 spiro atoms. The lowest BCUT2D eigenvalue weighted by Crippen LogP contribution is -2.49. The summed E-state index contributed by atoms with van der Waals surface area (Å²) in [6.45, 7) is 5.69. The van der Waals surface area contributed by atoms with Crippen molar-refractivity contribution in [3.63, 3.8) is 0 Å². The number of nitrogens with one attached hydrogen (secondary N) is 1. The van der Waals surface area contributed by atoms with Crippen molar-refractivity contribution in [2.24, 2.45) is 0 Å². The van der Waals surface area contributed by atoms with E-state index in [2.05, 4.69) is 25.5 Å². The Balaban J connectivity index is 1.22. The molecule has 184 valence electrons. The number of fused-ring (bicyclic) bond motifs is 1. The van der Waals surface area contributed by atoms with Gasteiger partial charge >= 0.3 is 6.18 Å². The van der Waals surface area contributed by atoms with Gasteiger partial charge in [-0.3, -0.25) is 14.3 Å². The van der Waals surface area contributed by atoms with Crippen molar-refractivity contribution in [1.82, 2.24) is 35.1 Å². The van der Waals surface area contributed by atoms with Gasteiger partial charge in [0.2, 0.25) is 16.0 Å². The molecule has 1 fully saturated rings. The van der Waals surface area contributed by atoms with E-state index in [1.807, 2.05) is 6.92 Å². The summed E-state index contributed by atoms with van der Waals surface area (Å²) in [5.74, 6) is -0.0864. The normalized spacial score (nSPS) is 15.8. The number of hydrogen-bond acceptors (Lipinski definition) is 9. The molecule has 0 bridgehead atoms. The van der Waals surface area contributed by atoms with Gasteiger partial charge in [-0.15, -0.1) is 10.2 Å². The van der Waals surface area contributed by atoms with E-state index in [9.17, 15) is 22.8 Å². The van der Waals surface area contributed by atoms with E-state index >= 15 is 0 Å². The number of amides is 1. The highest BCUT2D eigenvalue weighted by molar-refractivity contribution is 7.15. The molecule has 0 radical (unpaired) electrons. The van der Waals surface area contributed by atoms with Crippen LogP contribution in [0.15, 0.2) is 11.0 Å². The van der Waals surface area contributed by atoms with Crippen molar-refractivity contribution in [3.05, 3.63) is 27.3 Å². The molecule has 1 N–H and O–H groups in total. The maximum absolute atomic E-state index is 12.7. The lowest BCUT2D eigenvalue weighted by atomic mass is 10.3. The van der Waals surface area contributed by atoms with Crippen LogP contribution in [0.4, 0.5) is 18.3 Å². The molecule has 0 aromatic carbocycles. The molecule has 3 aromatic rings. The van der Waals surface area contributed by atoms with Crippen LogP contribution in [0.5, 0.6) is 0 Å². The van der Waals surface area contributed by atoms with Crippen molar-refractivity contribution in [2.45, 2.75) is 32.5 Å². The number of halogens is 3. The number of nitrogens with zero attached hydrogens (tertiary/aromatic N) is 7. The van der Waals surface area contributed by atoms with Gasteiger partial charge < -0.3 is 14.5 Å². The zero-order chi connectivity index (χ0) is 24.5. The molecule has 1 amide bonds. The average molecular weight is 501 g/mol. The highest BCUT2D eigenvalue weighted by atomic mass is 32.1. The number of aromatic amines is 1. The Labute approximate surface area is 195 Å². The van der Waals surface area contributed by atoms with E-state index in [4.69, 9.17) is 4.74 Å². The number of piperazine rings is 1. The Morgan fingerprint density at radius 3 is 2.68 bits per heavy atom. The second kappa shape index (κ2) is 9.66. The first-order chi connectivity index (χ1) is 16.1. The SMILES string of the molecule is Cc1nn(C(C)COCCC(=O)N2CCN(c3nnc(C(F)(F)F)s3)CC2)c2cn[nH]c(=O)c12. The Hall–Kier alpha value is -3.07. The molecule has 1 saturated heterocycles. The number of carbonyl (C=O) groups is 1. The molecule has 0 saturated carbocycles. The van der Waals surface area contributed by atoms with Crippen molar-refractivity contribution in [2.75, 3.05) is 44.3 Å². The molecule has 15 heteroatoms. The third kappa shape index (κ3) is 5.04. The smallest absolute Gasteiger partial charge is 0.379 e. The summed E-state index contributed by atoms with van der Waals surface area (Å²) in [7, 11) is 0. The molecule has 1 unspecified atom stereocenters. The topological polar surface area (TPSA) is 122 Å². The standard InChI is InChI=1S/C19H23F3N8O3S/c1-11(30-13-9-23-24-16(32)15(13)12(2)27-30)10-33-8-3-14(31)28-4-6-29(7-5-28)18-26-25-17(34-18)19(20,21)22/h9,11H,3-8,10H2,1-2H3,(H,24,32). The lowest BCUT2D eigenvalue weighted by Gasteiger charge is -2.34. The Kier molecular flexibility index (Phi) is 6.84. The van der Waals surface area contributed by atoms with Gasteiger partial charge in [0.1, 0.15) is 0 Å². The summed E-state index contributed by atoms with van der Waals surface area (Å²) < 4.78 is 45.5. The van der Waals surface area contributed by atoms with Crippen molar-refractivity contribution < 1.29 is 22.7 Å². The zero-order valence-electron chi connectivity index (χ0n) is 18.5. The molecular formula is C19H23F3N8O3S. The van der Waals surface area contributed by atoms with Gasteiger partial charge in [-0.25, -0.2) is 5.10 Å². The lowest BCUT2D eigenvalue weighted by molar-refractivity contribution is -0.138. The maximum Gasteiger partial charge on any atom is 0.445 e. The van der Waals surface area contributed by atoms with Crippen LogP contribution in [0.25, 0.3) is 10.9 Å². The van der Waals surface area contributed by atoms with Crippen molar-refractivity contribution in [1.29, 1.82) is 0 Å². The number of rotatable bonds is 7. The first-order valence-corrected chi connectivity index (χ1v) is 11.4. The minimum atomic E-state index is -4.51. The predicted molar refractivity (Wildman–Crippen MR) is 117 cm³/mol.